The van der Waals surface area contributed by atoms with Crippen molar-refractivity contribution in [1.82, 2.24) is 0 Å². The highest BCUT2D eigenvalue weighted by molar-refractivity contribution is 6.05. The summed E-state index contributed by atoms with van der Waals surface area (Å²) in [6.45, 7) is 7.36. The number of carbonyl (C=O) groups excluding carboxylic acids is 1. The van der Waals surface area contributed by atoms with Crippen LogP contribution >= 0.6 is 0 Å². The highest BCUT2D eigenvalue weighted by atomic mass is 16.1. The molecule has 4 heteroatoms. The van der Waals surface area contributed by atoms with Crippen LogP contribution in [0.15, 0.2) is 53.3 Å². The number of hydrogen-bond donors (Lipinski definition) is 2. The van der Waals surface area contributed by atoms with Gasteiger partial charge in [-0.2, -0.15) is 0 Å². The first-order chi connectivity index (χ1) is 8.52. The van der Waals surface area contributed by atoms with Gasteiger partial charge in [-0.1, -0.05) is 18.7 Å². The van der Waals surface area contributed by atoms with Crippen LogP contribution in [-0.4, -0.2) is 12.1 Å². The van der Waals surface area contributed by atoms with Gasteiger partial charge in [0, 0.05) is 17.5 Å². The highest BCUT2D eigenvalue weighted by Crippen LogP contribution is 2.11. The fraction of sp³-hybridized carbons (Fsp3) is 0.143. The van der Waals surface area contributed by atoms with Crippen LogP contribution in [0.1, 0.15) is 12.5 Å². The maximum Gasteiger partial charge on any atom is 0.255 e. The van der Waals surface area contributed by atoms with E-state index in [2.05, 4.69) is 16.9 Å². The predicted molar refractivity (Wildman–Crippen MR) is 75.4 cm³/mol. The van der Waals surface area contributed by atoms with Crippen LogP contribution in [-0.2, 0) is 4.79 Å². The van der Waals surface area contributed by atoms with Gasteiger partial charge < -0.3 is 11.1 Å². The molecule has 0 unspecified atom stereocenters. The molecule has 0 aliphatic rings. The summed E-state index contributed by atoms with van der Waals surface area (Å²) >= 11 is 0. The number of aryl methyl sites for hydroxylation is 1. The summed E-state index contributed by atoms with van der Waals surface area (Å²) < 4.78 is 0. The third-order valence-electron chi connectivity index (χ3n) is 2.17. The molecule has 0 heterocycles. The Morgan fingerprint density at radius 1 is 1.50 bits per heavy atom. The number of carbonyl (C=O) groups is 1. The lowest BCUT2D eigenvalue weighted by molar-refractivity contribution is -0.112. The molecule has 0 spiro atoms. The topological polar surface area (TPSA) is 67.5 Å². The van der Waals surface area contributed by atoms with Crippen LogP contribution in [0.25, 0.3) is 0 Å². The van der Waals surface area contributed by atoms with Crippen LogP contribution in [0.2, 0.25) is 0 Å². The Kier molecular flexibility index (Phi) is 4.87. The van der Waals surface area contributed by atoms with E-state index in [-0.39, 0.29) is 17.3 Å². The van der Waals surface area contributed by atoms with Crippen molar-refractivity contribution in [2.75, 3.05) is 5.32 Å². The van der Waals surface area contributed by atoms with Crippen molar-refractivity contribution in [3.63, 3.8) is 0 Å². The molecule has 18 heavy (non-hydrogen) atoms. The van der Waals surface area contributed by atoms with Crippen molar-refractivity contribution < 1.29 is 4.79 Å². The van der Waals surface area contributed by atoms with E-state index in [9.17, 15) is 4.79 Å². The van der Waals surface area contributed by atoms with Crippen molar-refractivity contribution in [2.24, 2.45) is 10.7 Å². The standard InChI is InChI=1S/C14H17N3O/c1-4-16-13(15)9-11(3)14(18)17-12-7-5-6-10(2)8-12/h4-9H,3,15H2,1-2H3,(H,17,18)/b13-9-,16-4-. The molecule has 4 nitrogen and oxygen atoms in total. The summed E-state index contributed by atoms with van der Waals surface area (Å²) in [6.07, 6.45) is 2.99. The van der Waals surface area contributed by atoms with E-state index in [1.54, 1.807) is 13.1 Å². The predicted octanol–water partition coefficient (Wildman–Crippen LogP) is 2.38. The lowest BCUT2D eigenvalue weighted by Crippen LogP contribution is -2.13. The van der Waals surface area contributed by atoms with Crippen LogP contribution < -0.4 is 11.1 Å². The van der Waals surface area contributed by atoms with Gasteiger partial charge in [-0.25, -0.2) is 4.99 Å². The van der Waals surface area contributed by atoms with E-state index in [4.69, 9.17) is 5.73 Å². The molecule has 1 rings (SSSR count). The van der Waals surface area contributed by atoms with Crippen molar-refractivity contribution in [3.05, 3.63) is 53.9 Å². The Labute approximate surface area is 107 Å². The second kappa shape index (κ2) is 6.39. The highest BCUT2D eigenvalue weighted by Gasteiger charge is 2.05. The summed E-state index contributed by atoms with van der Waals surface area (Å²) in [6, 6.07) is 7.52. The summed E-state index contributed by atoms with van der Waals surface area (Å²) in [5, 5.41) is 2.74. The average Bonchev–Trinajstić information content (AvgIpc) is 2.29. The minimum atomic E-state index is -0.296. The van der Waals surface area contributed by atoms with Gasteiger partial charge in [-0.05, 0) is 37.6 Å². The molecule has 0 radical (unpaired) electrons. The molecule has 3 N–H and O–H groups in total. The van der Waals surface area contributed by atoms with Crippen LogP contribution in [0.3, 0.4) is 0 Å². The first-order valence-corrected chi connectivity index (χ1v) is 5.55. The normalized spacial score (nSPS) is 11.6. The van der Waals surface area contributed by atoms with E-state index < -0.39 is 0 Å². The molecular weight excluding hydrogens is 226 g/mol. The number of rotatable bonds is 4. The van der Waals surface area contributed by atoms with Gasteiger partial charge in [0.05, 0.1) is 0 Å². The number of nitrogens with one attached hydrogen (secondary N) is 1. The lowest BCUT2D eigenvalue weighted by atomic mass is 10.2. The van der Waals surface area contributed by atoms with Crippen molar-refractivity contribution >= 4 is 17.8 Å². The number of amides is 1. The van der Waals surface area contributed by atoms with Crippen molar-refractivity contribution in [3.8, 4) is 0 Å². The van der Waals surface area contributed by atoms with E-state index >= 15 is 0 Å². The van der Waals surface area contributed by atoms with E-state index in [1.165, 1.54) is 6.08 Å². The monoisotopic (exact) mass is 243 g/mol. The Hall–Kier alpha value is -2.36. The molecule has 0 aromatic heterocycles. The molecule has 0 bridgehead atoms. The first-order valence-electron chi connectivity index (χ1n) is 5.55. The van der Waals surface area contributed by atoms with Gasteiger partial charge in [-0.15, -0.1) is 0 Å². The molecule has 1 aromatic carbocycles. The summed E-state index contributed by atoms with van der Waals surface area (Å²) in [7, 11) is 0. The Morgan fingerprint density at radius 3 is 2.83 bits per heavy atom. The fourth-order valence-electron chi connectivity index (χ4n) is 1.36. The minimum absolute atomic E-state index is 0.252. The van der Waals surface area contributed by atoms with Crippen LogP contribution in [0.5, 0.6) is 0 Å². The zero-order chi connectivity index (χ0) is 13.5. The van der Waals surface area contributed by atoms with Gasteiger partial charge in [0.1, 0.15) is 5.82 Å². The van der Waals surface area contributed by atoms with Crippen molar-refractivity contribution in [2.45, 2.75) is 13.8 Å². The number of anilines is 1. The Morgan fingerprint density at radius 2 is 2.22 bits per heavy atom. The van der Waals surface area contributed by atoms with Crippen LogP contribution in [0, 0.1) is 6.92 Å². The molecule has 0 atom stereocenters. The maximum atomic E-state index is 11.8. The fourth-order valence-corrected chi connectivity index (χ4v) is 1.36. The minimum Gasteiger partial charge on any atom is -0.384 e. The van der Waals surface area contributed by atoms with E-state index in [1.807, 2.05) is 31.2 Å². The quantitative estimate of drug-likeness (QED) is 0.484. The van der Waals surface area contributed by atoms with Gasteiger partial charge in [0.15, 0.2) is 0 Å². The largest absolute Gasteiger partial charge is 0.384 e. The Balaban J connectivity index is 2.72. The number of hydrogen-bond acceptors (Lipinski definition) is 3. The second-order valence-corrected chi connectivity index (χ2v) is 3.81. The Bertz CT molecular complexity index is 516. The molecule has 1 aromatic rings. The molecule has 1 amide bonds. The second-order valence-electron chi connectivity index (χ2n) is 3.81. The smallest absolute Gasteiger partial charge is 0.255 e. The first kappa shape index (κ1) is 13.7. The zero-order valence-electron chi connectivity index (χ0n) is 10.6. The molecular formula is C14H17N3O. The summed E-state index contributed by atoms with van der Waals surface area (Å²) in [5.74, 6) is -0.0447. The molecule has 0 aliphatic heterocycles. The van der Waals surface area contributed by atoms with E-state index in [0.29, 0.717) is 0 Å². The van der Waals surface area contributed by atoms with Crippen LogP contribution in [0.4, 0.5) is 5.69 Å². The number of aliphatic imine (C=N–C) groups is 1. The van der Waals surface area contributed by atoms with Gasteiger partial charge >= 0.3 is 0 Å². The maximum absolute atomic E-state index is 11.8. The van der Waals surface area contributed by atoms with Crippen molar-refractivity contribution in [1.29, 1.82) is 0 Å². The molecule has 0 saturated carbocycles. The number of nitrogens with zero attached hydrogens (tertiary/aromatic N) is 1. The van der Waals surface area contributed by atoms with Gasteiger partial charge in [-0.3, -0.25) is 4.79 Å². The molecule has 0 saturated heterocycles. The van der Waals surface area contributed by atoms with Gasteiger partial charge in [0.25, 0.3) is 5.91 Å². The molecule has 94 valence electrons. The molecule has 0 aliphatic carbocycles. The summed E-state index contributed by atoms with van der Waals surface area (Å²) in [4.78, 5) is 15.6. The molecule has 0 fully saturated rings. The SMILES string of the molecule is C=C(/C=C(N)\N=C/C)C(=O)Nc1cccc(C)c1. The third kappa shape index (κ3) is 4.25. The average molecular weight is 243 g/mol. The van der Waals surface area contributed by atoms with E-state index in [0.717, 1.165) is 11.3 Å². The number of benzene rings is 1. The third-order valence-corrected chi connectivity index (χ3v) is 2.17. The van der Waals surface area contributed by atoms with Gasteiger partial charge in [0.2, 0.25) is 0 Å². The zero-order valence-corrected chi connectivity index (χ0v) is 10.6. The summed E-state index contributed by atoms with van der Waals surface area (Å²) in [5.41, 5.74) is 7.63. The number of nitrogens with two attached hydrogens (primary N) is 1. The lowest BCUT2D eigenvalue weighted by Gasteiger charge is -2.05.